The Labute approximate surface area is 161 Å². The van der Waals surface area contributed by atoms with Crippen LogP contribution in [0.3, 0.4) is 0 Å². The molecule has 1 unspecified atom stereocenters. The third kappa shape index (κ3) is 4.25. The number of likely N-dealkylation sites (N-methyl/N-ethyl adjacent to an activating group) is 1. The summed E-state index contributed by atoms with van der Waals surface area (Å²) in [6, 6.07) is 15.6. The van der Waals surface area contributed by atoms with Crippen LogP contribution in [0.15, 0.2) is 48.5 Å². The summed E-state index contributed by atoms with van der Waals surface area (Å²) in [5, 5.41) is 9.92. The molecule has 0 spiro atoms. The molecular formula is C22H29N3O2. The summed E-state index contributed by atoms with van der Waals surface area (Å²) < 4.78 is 0. The number of nitrogens with zero attached hydrogens (tertiary/aromatic N) is 3. The molecule has 3 rings (SSSR count). The van der Waals surface area contributed by atoms with Gasteiger partial charge in [-0.25, -0.2) is 0 Å². The molecule has 5 heteroatoms. The van der Waals surface area contributed by atoms with E-state index in [1.165, 1.54) is 0 Å². The summed E-state index contributed by atoms with van der Waals surface area (Å²) in [4.78, 5) is 19.1. The molecule has 144 valence electrons. The van der Waals surface area contributed by atoms with E-state index in [0.29, 0.717) is 5.75 Å². The van der Waals surface area contributed by atoms with Gasteiger partial charge in [-0.05, 0) is 35.7 Å². The fourth-order valence-electron chi connectivity index (χ4n) is 3.68. The first-order chi connectivity index (χ1) is 13.0. The zero-order valence-electron chi connectivity index (χ0n) is 16.4. The molecule has 0 saturated carbocycles. The number of hydrogen-bond acceptors (Lipinski definition) is 4. The van der Waals surface area contributed by atoms with E-state index in [1.54, 1.807) is 11.0 Å². The van der Waals surface area contributed by atoms with Crippen molar-refractivity contribution in [3.63, 3.8) is 0 Å². The molecule has 2 aromatic rings. The normalized spacial score (nSPS) is 16.2. The number of hydrogen-bond donors (Lipinski definition) is 1. The largest absolute Gasteiger partial charge is 0.508 e. The number of aromatic hydroxyl groups is 1. The number of carbonyl (C=O) groups is 1. The van der Waals surface area contributed by atoms with Crippen molar-refractivity contribution in [3.05, 3.63) is 59.7 Å². The van der Waals surface area contributed by atoms with E-state index in [2.05, 4.69) is 15.9 Å². The van der Waals surface area contributed by atoms with Gasteiger partial charge in [0.25, 0.3) is 0 Å². The highest BCUT2D eigenvalue weighted by Gasteiger charge is 2.31. The Morgan fingerprint density at radius 1 is 1.07 bits per heavy atom. The maximum Gasteiger partial charge on any atom is 0.244 e. The van der Waals surface area contributed by atoms with Gasteiger partial charge in [-0.2, -0.15) is 0 Å². The van der Waals surface area contributed by atoms with E-state index in [1.807, 2.05) is 57.4 Å². The number of amides is 1. The van der Waals surface area contributed by atoms with Crippen molar-refractivity contribution in [2.75, 3.05) is 45.2 Å². The molecule has 2 aromatic carbocycles. The van der Waals surface area contributed by atoms with Gasteiger partial charge >= 0.3 is 0 Å². The first kappa shape index (κ1) is 19.2. The molecule has 0 bridgehead atoms. The van der Waals surface area contributed by atoms with Crippen molar-refractivity contribution in [1.82, 2.24) is 9.80 Å². The van der Waals surface area contributed by atoms with Crippen LogP contribution in [0.4, 0.5) is 5.69 Å². The fraction of sp³-hybridized carbons (Fsp3) is 0.409. The van der Waals surface area contributed by atoms with Crippen LogP contribution < -0.4 is 4.90 Å². The maximum atomic E-state index is 12.9. The molecule has 1 aliphatic rings. The first-order valence-corrected chi connectivity index (χ1v) is 9.58. The molecule has 1 heterocycles. The third-order valence-electron chi connectivity index (χ3n) is 5.28. The van der Waals surface area contributed by atoms with Crippen LogP contribution in [0.1, 0.15) is 24.1 Å². The number of anilines is 1. The Bertz CT molecular complexity index is 768. The monoisotopic (exact) mass is 367 g/mol. The topological polar surface area (TPSA) is 47.0 Å². The quantitative estimate of drug-likeness (QED) is 0.883. The van der Waals surface area contributed by atoms with Crippen LogP contribution in [0.5, 0.6) is 5.75 Å². The van der Waals surface area contributed by atoms with E-state index in [4.69, 9.17) is 0 Å². The molecule has 0 aromatic heterocycles. The lowest BCUT2D eigenvalue weighted by atomic mass is 10.0. The van der Waals surface area contributed by atoms with Gasteiger partial charge < -0.3 is 14.9 Å². The van der Waals surface area contributed by atoms with Crippen LogP contribution in [0.2, 0.25) is 0 Å². The SMILES string of the molecule is CCc1cc(N2CCN(C(C(=O)N(C)C)c3ccccc3)CC2)ccc1O. The summed E-state index contributed by atoms with van der Waals surface area (Å²) in [6.45, 7) is 5.41. The van der Waals surface area contributed by atoms with Gasteiger partial charge in [-0.3, -0.25) is 9.69 Å². The maximum absolute atomic E-state index is 12.9. The van der Waals surface area contributed by atoms with E-state index >= 15 is 0 Å². The summed E-state index contributed by atoms with van der Waals surface area (Å²) in [5.41, 5.74) is 3.15. The minimum absolute atomic E-state index is 0.118. The van der Waals surface area contributed by atoms with Crippen LogP contribution in [0.25, 0.3) is 0 Å². The molecule has 1 aliphatic heterocycles. The summed E-state index contributed by atoms with van der Waals surface area (Å²) in [6.07, 6.45) is 0.813. The predicted molar refractivity (Wildman–Crippen MR) is 109 cm³/mol. The second-order valence-corrected chi connectivity index (χ2v) is 7.24. The smallest absolute Gasteiger partial charge is 0.244 e. The Kier molecular flexibility index (Phi) is 6.01. The second kappa shape index (κ2) is 8.44. The second-order valence-electron chi connectivity index (χ2n) is 7.24. The Morgan fingerprint density at radius 2 is 1.74 bits per heavy atom. The van der Waals surface area contributed by atoms with E-state index in [-0.39, 0.29) is 11.9 Å². The van der Waals surface area contributed by atoms with Crippen molar-refractivity contribution in [1.29, 1.82) is 0 Å². The van der Waals surface area contributed by atoms with Gasteiger partial charge in [0.2, 0.25) is 5.91 Å². The summed E-state index contributed by atoms with van der Waals surface area (Å²) >= 11 is 0. The standard InChI is InChI=1S/C22H29N3O2/c1-4-17-16-19(10-11-20(17)26)24-12-14-25(15-13-24)21(22(27)23(2)3)18-8-6-5-7-9-18/h5-11,16,21,26H,4,12-15H2,1-3H3. The van der Waals surface area contributed by atoms with Gasteiger partial charge in [-0.1, -0.05) is 37.3 Å². The molecular weight excluding hydrogens is 338 g/mol. The van der Waals surface area contributed by atoms with Crippen molar-refractivity contribution >= 4 is 11.6 Å². The van der Waals surface area contributed by atoms with Gasteiger partial charge in [0.15, 0.2) is 0 Å². The average molecular weight is 367 g/mol. The molecule has 1 fully saturated rings. The zero-order valence-corrected chi connectivity index (χ0v) is 16.4. The number of rotatable bonds is 5. The summed E-state index contributed by atoms with van der Waals surface area (Å²) in [7, 11) is 3.63. The number of benzene rings is 2. The van der Waals surface area contributed by atoms with Crippen molar-refractivity contribution in [2.24, 2.45) is 0 Å². The fourth-order valence-corrected chi connectivity index (χ4v) is 3.68. The number of aryl methyl sites for hydroxylation is 1. The van der Waals surface area contributed by atoms with Gasteiger partial charge in [0, 0.05) is 46.0 Å². The zero-order chi connectivity index (χ0) is 19.4. The van der Waals surface area contributed by atoms with E-state index in [9.17, 15) is 9.90 Å². The highest BCUT2D eigenvalue weighted by molar-refractivity contribution is 5.83. The molecule has 1 amide bonds. The van der Waals surface area contributed by atoms with Crippen LogP contribution in [-0.4, -0.2) is 61.1 Å². The van der Waals surface area contributed by atoms with Crippen LogP contribution in [0, 0.1) is 0 Å². The minimum Gasteiger partial charge on any atom is -0.508 e. The number of piperazine rings is 1. The molecule has 5 nitrogen and oxygen atoms in total. The highest BCUT2D eigenvalue weighted by atomic mass is 16.3. The average Bonchev–Trinajstić information content (AvgIpc) is 2.70. The molecule has 0 radical (unpaired) electrons. The van der Waals surface area contributed by atoms with E-state index in [0.717, 1.165) is 49.4 Å². The van der Waals surface area contributed by atoms with Gasteiger partial charge in [0.1, 0.15) is 11.8 Å². The minimum atomic E-state index is -0.241. The third-order valence-corrected chi connectivity index (χ3v) is 5.28. The Morgan fingerprint density at radius 3 is 2.33 bits per heavy atom. The van der Waals surface area contributed by atoms with Crippen LogP contribution >= 0.6 is 0 Å². The number of phenolic OH excluding ortho intramolecular Hbond substituents is 1. The van der Waals surface area contributed by atoms with Gasteiger partial charge in [0.05, 0.1) is 0 Å². The number of carbonyl (C=O) groups excluding carboxylic acids is 1. The molecule has 1 atom stereocenters. The lowest BCUT2D eigenvalue weighted by Crippen LogP contribution is -2.51. The van der Waals surface area contributed by atoms with Crippen molar-refractivity contribution in [2.45, 2.75) is 19.4 Å². The Balaban J connectivity index is 1.75. The lowest BCUT2D eigenvalue weighted by molar-refractivity contribution is -0.134. The van der Waals surface area contributed by atoms with E-state index < -0.39 is 0 Å². The molecule has 1 saturated heterocycles. The van der Waals surface area contributed by atoms with Crippen molar-refractivity contribution in [3.8, 4) is 5.75 Å². The number of phenols is 1. The van der Waals surface area contributed by atoms with Gasteiger partial charge in [-0.15, -0.1) is 0 Å². The first-order valence-electron chi connectivity index (χ1n) is 9.58. The predicted octanol–water partition coefficient (Wildman–Crippen LogP) is 2.91. The highest BCUT2D eigenvalue weighted by Crippen LogP contribution is 2.28. The molecule has 1 N–H and O–H groups in total. The molecule has 27 heavy (non-hydrogen) atoms. The molecule has 0 aliphatic carbocycles. The van der Waals surface area contributed by atoms with Crippen LogP contribution in [-0.2, 0) is 11.2 Å². The summed E-state index contributed by atoms with van der Waals surface area (Å²) in [5.74, 6) is 0.480. The van der Waals surface area contributed by atoms with Crippen molar-refractivity contribution < 1.29 is 9.90 Å². The Hall–Kier alpha value is -2.53. The lowest BCUT2D eigenvalue weighted by Gasteiger charge is -2.40.